The van der Waals surface area contributed by atoms with Gasteiger partial charge in [0.15, 0.2) is 0 Å². The standard InChI is InChI=1S/C12H22O2/c1-4-6-7-9-11(3)10-14-12(13)8-5-2/h5,8,11H,4,6-7,9-10H2,1-3H3/b8-5+. The number of rotatable bonds is 7. The van der Waals surface area contributed by atoms with Crippen molar-refractivity contribution < 1.29 is 9.53 Å². The predicted octanol–water partition coefficient (Wildman–Crippen LogP) is 3.32. The lowest BCUT2D eigenvalue weighted by atomic mass is 10.0. The highest BCUT2D eigenvalue weighted by molar-refractivity contribution is 5.81. The van der Waals surface area contributed by atoms with E-state index < -0.39 is 0 Å². The van der Waals surface area contributed by atoms with E-state index in [4.69, 9.17) is 4.74 Å². The summed E-state index contributed by atoms with van der Waals surface area (Å²) in [6.45, 7) is 6.67. The van der Waals surface area contributed by atoms with Crippen molar-refractivity contribution in [1.29, 1.82) is 0 Å². The molecule has 0 spiro atoms. The highest BCUT2D eigenvalue weighted by Gasteiger charge is 2.04. The molecule has 0 radical (unpaired) electrons. The number of carbonyl (C=O) groups is 1. The third-order valence-electron chi connectivity index (χ3n) is 2.11. The van der Waals surface area contributed by atoms with E-state index in [1.54, 1.807) is 6.08 Å². The average Bonchev–Trinajstić information content (AvgIpc) is 2.16. The van der Waals surface area contributed by atoms with Crippen LogP contribution in [0.3, 0.4) is 0 Å². The Balaban J connectivity index is 3.43. The number of ether oxygens (including phenoxy) is 1. The largest absolute Gasteiger partial charge is 0.462 e. The highest BCUT2D eigenvalue weighted by Crippen LogP contribution is 2.09. The van der Waals surface area contributed by atoms with Gasteiger partial charge in [-0.25, -0.2) is 4.79 Å². The third-order valence-corrected chi connectivity index (χ3v) is 2.11. The van der Waals surface area contributed by atoms with Gasteiger partial charge in [-0.1, -0.05) is 39.2 Å². The van der Waals surface area contributed by atoms with Crippen molar-refractivity contribution in [2.24, 2.45) is 5.92 Å². The molecule has 0 heterocycles. The Kier molecular flexibility index (Phi) is 8.30. The van der Waals surface area contributed by atoms with Gasteiger partial charge in [-0.2, -0.15) is 0 Å². The third kappa shape index (κ3) is 7.84. The van der Waals surface area contributed by atoms with Crippen molar-refractivity contribution in [3.05, 3.63) is 12.2 Å². The Morgan fingerprint density at radius 3 is 2.71 bits per heavy atom. The molecule has 2 nitrogen and oxygen atoms in total. The van der Waals surface area contributed by atoms with Gasteiger partial charge in [0.25, 0.3) is 0 Å². The molecule has 1 unspecified atom stereocenters. The molecule has 0 aromatic heterocycles. The zero-order valence-electron chi connectivity index (χ0n) is 9.58. The first kappa shape index (κ1) is 13.2. The van der Waals surface area contributed by atoms with Crippen molar-refractivity contribution >= 4 is 5.97 Å². The SMILES string of the molecule is C/C=C/C(=O)OCC(C)CCCCC. The number of allylic oxidation sites excluding steroid dienone is 1. The molecule has 0 bridgehead atoms. The van der Waals surface area contributed by atoms with Crippen LogP contribution < -0.4 is 0 Å². The van der Waals surface area contributed by atoms with Crippen LogP contribution in [0.2, 0.25) is 0 Å². The number of esters is 1. The second-order valence-electron chi connectivity index (χ2n) is 3.73. The first-order chi connectivity index (χ1) is 6.70. The van der Waals surface area contributed by atoms with Crippen LogP contribution in [0.5, 0.6) is 0 Å². The molecule has 14 heavy (non-hydrogen) atoms. The number of unbranched alkanes of at least 4 members (excludes halogenated alkanes) is 2. The fourth-order valence-electron chi connectivity index (χ4n) is 1.23. The Bertz CT molecular complexity index is 173. The molecule has 0 saturated carbocycles. The molecule has 0 amide bonds. The number of hydrogen-bond donors (Lipinski definition) is 0. The lowest BCUT2D eigenvalue weighted by Gasteiger charge is -2.10. The molecule has 2 heteroatoms. The number of carbonyl (C=O) groups excluding carboxylic acids is 1. The van der Waals surface area contributed by atoms with Gasteiger partial charge in [-0.3, -0.25) is 0 Å². The Morgan fingerprint density at radius 1 is 1.43 bits per heavy atom. The van der Waals surface area contributed by atoms with Gasteiger partial charge < -0.3 is 4.74 Å². The molecule has 82 valence electrons. The van der Waals surface area contributed by atoms with Crippen molar-refractivity contribution in [3.63, 3.8) is 0 Å². The molecule has 0 N–H and O–H groups in total. The summed E-state index contributed by atoms with van der Waals surface area (Å²) in [5.74, 6) is 0.255. The lowest BCUT2D eigenvalue weighted by Crippen LogP contribution is -2.09. The second kappa shape index (κ2) is 8.79. The molecular weight excluding hydrogens is 176 g/mol. The minimum absolute atomic E-state index is 0.227. The molecule has 0 aromatic carbocycles. The van der Waals surface area contributed by atoms with Crippen LogP contribution in [0.25, 0.3) is 0 Å². The van der Waals surface area contributed by atoms with E-state index in [-0.39, 0.29) is 5.97 Å². The van der Waals surface area contributed by atoms with Gasteiger partial charge >= 0.3 is 5.97 Å². The quantitative estimate of drug-likeness (QED) is 0.356. The fourth-order valence-corrected chi connectivity index (χ4v) is 1.23. The highest BCUT2D eigenvalue weighted by atomic mass is 16.5. The minimum Gasteiger partial charge on any atom is -0.462 e. The molecule has 0 aliphatic rings. The van der Waals surface area contributed by atoms with Gasteiger partial charge in [-0.15, -0.1) is 0 Å². The van der Waals surface area contributed by atoms with E-state index in [1.807, 2.05) is 6.92 Å². The zero-order valence-corrected chi connectivity index (χ0v) is 9.58. The maximum Gasteiger partial charge on any atom is 0.330 e. The smallest absolute Gasteiger partial charge is 0.330 e. The van der Waals surface area contributed by atoms with Crippen molar-refractivity contribution in [2.45, 2.75) is 46.5 Å². The normalized spacial score (nSPS) is 13.1. The van der Waals surface area contributed by atoms with E-state index in [9.17, 15) is 4.79 Å². The summed E-state index contributed by atoms with van der Waals surface area (Å²) < 4.78 is 5.05. The van der Waals surface area contributed by atoms with E-state index >= 15 is 0 Å². The van der Waals surface area contributed by atoms with Crippen LogP contribution in [0.4, 0.5) is 0 Å². The predicted molar refractivity (Wildman–Crippen MR) is 59.1 cm³/mol. The number of hydrogen-bond acceptors (Lipinski definition) is 2. The summed E-state index contributed by atoms with van der Waals surface area (Å²) in [5.41, 5.74) is 0. The fraction of sp³-hybridized carbons (Fsp3) is 0.750. The summed E-state index contributed by atoms with van der Waals surface area (Å²) >= 11 is 0. The topological polar surface area (TPSA) is 26.3 Å². The lowest BCUT2D eigenvalue weighted by molar-refractivity contribution is -0.139. The zero-order chi connectivity index (χ0) is 10.8. The maximum atomic E-state index is 11.0. The van der Waals surface area contributed by atoms with Crippen molar-refractivity contribution in [3.8, 4) is 0 Å². The second-order valence-corrected chi connectivity index (χ2v) is 3.73. The van der Waals surface area contributed by atoms with Crippen molar-refractivity contribution in [2.75, 3.05) is 6.61 Å². The summed E-state index contributed by atoms with van der Waals surface area (Å²) in [4.78, 5) is 11.0. The molecule has 0 saturated heterocycles. The molecule has 1 atom stereocenters. The van der Waals surface area contributed by atoms with Crippen LogP contribution in [0, 0.1) is 5.92 Å². The molecule has 0 aliphatic carbocycles. The van der Waals surface area contributed by atoms with Crippen LogP contribution in [-0.2, 0) is 9.53 Å². The van der Waals surface area contributed by atoms with Gasteiger partial charge in [0.2, 0.25) is 0 Å². The van der Waals surface area contributed by atoms with E-state index in [2.05, 4.69) is 13.8 Å². The summed E-state index contributed by atoms with van der Waals surface area (Å²) in [5, 5.41) is 0. The Labute approximate surface area is 87.3 Å². The first-order valence-corrected chi connectivity index (χ1v) is 5.50. The summed E-state index contributed by atoms with van der Waals surface area (Å²) in [6.07, 6.45) is 8.05. The summed E-state index contributed by atoms with van der Waals surface area (Å²) in [7, 11) is 0. The molecule has 0 aromatic rings. The van der Waals surface area contributed by atoms with E-state index in [0.717, 1.165) is 6.42 Å². The van der Waals surface area contributed by atoms with E-state index in [0.29, 0.717) is 12.5 Å². The van der Waals surface area contributed by atoms with Crippen LogP contribution >= 0.6 is 0 Å². The summed E-state index contributed by atoms with van der Waals surface area (Å²) in [6, 6.07) is 0. The monoisotopic (exact) mass is 198 g/mol. The van der Waals surface area contributed by atoms with Crippen LogP contribution in [0.15, 0.2) is 12.2 Å². The molecule has 0 rings (SSSR count). The molecular formula is C12H22O2. The maximum absolute atomic E-state index is 11.0. The van der Waals surface area contributed by atoms with Gasteiger partial charge in [0.05, 0.1) is 6.61 Å². The van der Waals surface area contributed by atoms with Crippen molar-refractivity contribution in [1.82, 2.24) is 0 Å². The Hall–Kier alpha value is -0.790. The van der Waals surface area contributed by atoms with Crippen LogP contribution in [-0.4, -0.2) is 12.6 Å². The molecule has 0 aliphatic heterocycles. The van der Waals surface area contributed by atoms with Gasteiger partial charge in [0.1, 0.15) is 0 Å². The minimum atomic E-state index is -0.227. The van der Waals surface area contributed by atoms with Gasteiger partial charge in [0, 0.05) is 6.08 Å². The first-order valence-electron chi connectivity index (χ1n) is 5.50. The average molecular weight is 198 g/mol. The molecule has 0 fully saturated rings. The Morgan fingerprint density at radius 2 is 2.14 bits per heavy atom. The van der Waals surface area contributed by atoms with Crippen LogP contribution in [0.1, 0.15) is 46.5 Å². The van der Waals surface area contributed by atoms with E-state index in [1.165, 1.54) is 25.3 Å². The van der Waals surface area contributed by atoms with Gasteiger partial charge in [-0.05, 0) is 19.3 Å².